The molecule has 0 N–H and O–H groups in total. The van der Waals surface area contributed by atoms with E-state index in [2.05, 4.69) is 37.3 Å². The zero-order valence-corrected chi connectivity index (χ0v) is 10.6. The fourth-order valence-corrected chi connectivity index (χ4v) is 2.45. The van der Waals surface area contributed by atoms with Crippen LogP contribution in [0.2, 0.25) is 0 Å². The molecule has 0 unspecified atom stereocenters. The van der Waals surface area contributed by atoms with Gasteiger partial charge in [-0.3, -0.25) is 4.90 Å². The lowest BCUT2D eigenvalue weighted by Gasteiger charge is -2.36. The van der Waals surface area contributed by atoms with Crippen LogP contribution in [0.15, 0.2) is 12.2 Å². The summed E-state index contributed by atoms with van der Waals surface area (Å²) in [5.74, 6) is 0. The van der Waals surface area contributed by atoms with Crippen molar-refractivity contribution in [3.05, 3.63) is 12.2 Å². The van der Waals surface area contributed by atoms with E-state index in [9.17, 15) is 0 Å². The Morgan fingerprint density at radius 3 is 2.47 bits per heavy atom. The fourth-order valence-electron chi connectivity index (χ4n) is 2.45. The molecule has 2 heteroatoms. The molecule has 0 radical (unpaired) electrons. The average Bonchev–Trinajstić information content (AvgIpc) is 2.18. The highest BCUT2D eigenvalue weighted by molar-refractivity contribution is 4.93. The first-order valence-electron chi connectivity index (χ1n) is 6.20. The van der Waals surface area contributed by atoms with Gasteiger partial charge in [-0.05, 0) is 52.9 Å². The Morgan fingerprint density at radius 2 is 2.00 bits per heavy atom. The van der Waals surface area contributed by atoms with Crippen molar-refractivity contribution in [1.29, 1.82) is 0 Å². The van der Waals surface area contributed by atoms with Gasteiger partial charge < -0.3 is 4.90 Å². The molecule has 0 aliphatic carbocycles. The maximum Gasteiger partial charge on any atom is 0.0187 e. The van der Waals surface area contributed by atoms with Gasteiger partial charge in [0.15, 0.2) is 0 Å². The number of hydrogen-bond acceptors (Lipinski definition) is 2. The number of hydrogen-bond donors (Lipinski definition) is 0. The largest absolute Gasteiger partial charge is 0.303 e. The van der Waals surface area contributed by atoms with Crippen molar-refractivity contribution < 1.29 is 0 Å². The standard InChI is InChI=1S/C13H26N2/c1-5-8-15-9-6-13(7-10-15)14(4)11-12(2)3/h13H,2,5-11H2,1,3-4H3. The molecule has 15 heavy (non-hydrogen) atoms. The van der Waals surface area contributed by atoms with E-state index in [1.54, 1.807) is 0 Å². The predicted molar refractivity (Wildman–Crippen MR) is 67.2 cm³/mol. The summed E-state index contributed by atoms with van der Waals surface area (Å²) in [7, 11) is 2.23. The summed E-state index contributed by atoms with van der Waals surface area (Å²) in [5, 5.41) is 0. The summed E-state index contributed by atoms with van der Waals surface area (Å²) < 4.78 is 0. The first kappa shape index (κ1) is 12.7. The summed E-state index contributed by atoms with van der Waals surface area (Å²) in [6, 6.07) is 0.773. The van der Waals surface area contributed by atoms with Crippen LogP contribution in [0.5, 0.6) is 0 Å². The molecule has 88 valence electrons. The molecule has 0 bridgehead atoms. The molecule has 1 saturated heterocycles. The van der Waals surface area contributed by atoms with Crippen molar-refractivity contribution in [3.63, 3.8) is 0 Å². The van der Waals surface area contributed by atoms with Gasteiger partial charge in [0.25, 0.3) is 0 Å². The molecule has 1 rings (SSSR count). The SMILES string of the molecule is C=C(C)CN(C)C1CCN(CCC)CC1. The summed E-state index contributed by atoms with van der Waals surface area (Å²) in [6.07, 6.45) is 3.93. The normalized spacial score (nSPS) is 19.7. The first-order valence-corrected chi connectivity index (χ1v) is 6.20. The molecule has 0 aromatic carbocycles. The lowest BCUT2D eigenvalue weighted by Crippen LogP contribution is -2.43. The zero-order valence-electron chi connectivity index (χ0n) is 10.6. The monoisotopic (exact) mass is 210 g/mol. The van der Waals surface area contributed by atoms with Crippen LogP contribution in [0.25, 0.3) is 0 Å². The van der Waals surface area contributed by atoms with Crippen LogP contribution in [-0.4, -0.2) is 49.1 Å². The van der Waals surface area contributed by atoms with Gasteiger partial charge in [0, 0.05) is 12.6 Å². The Balaban J connectivity index is 2.27. The lowest BCUT2D eigenvalue weighted by atomic mass is 10.0. The topological polar surface area (TPSA) is 6.48 Å². The zero-order chi connectivity index (χ0) is 11.3. The first-order chi connectivity index (χ1) is 7.13. The van der Waals surface area contributed by atoms with Crippen LogP contribution in [0, 0.1) is 0 Å². The van der Waals surface area contributed by atoms with Crippen molar-refractivity contribution >= 4 is 0 Å². The Bertz CT molecular complexity index is 193. The second-order valence-electron chi connectivity index (χ2n) is 4.95. The second kappa shape index (κ2) is 6.29. The third-order valence-corrected chi connectivity index (χ3v) is 3.24. The van der Waals surface area contributed by atoms with Crippen LogP contribution in [0.3, 0.4) is 0 Å². The summed E-state index contributed by atoms with van der Waals surface area (Å²) in [4.78, 5) is 5.05. The van der Waals surface area contributed by atoms with Gasteiger partial charge in [0.05, 0.1) is 0 Å². The molecule has 0 aromatic heterocycles. The molecular weight excluding hydrogens is 184 g/mol. The van der Waals surface area contributed by atoms with E-state index in [0.29, 0.717) is 0 Å². The van der Waals surface area contributed by atoms with Gasteiger partial charge in [0.1, 0.15) is 0 Å². The Morgan fingerprint density at radius 1 is 1.40 bits per heavy atom. The average molecular weight is 210 g/mol. The molecule has 1 heterocycles. The van der Waals surface area contributed by atoms with Crippen LogP contribution < -0.4 is 0 Å². The van der Waals surface area contributed by atoms with E-state index in [1.165, 1.54) is 44.5 Å². The minimum Gasteiger partial charge on any atom is -0.303 e. The molecule has 2 nitrogen and oxygen atoms in total. The van der Waals surface area contributed by atoms with Gasteiger partial charge in [-0.1, -0.05) is 19.1 Å². The van der Waals surface area contributed by atoms with Gasteiger partial charge in [-0.15, -0.1) is 0 Å². The maximum absolute atomic E-state index is 3.98. The van der Waals surface area contributed by atoms with E-state index in [0.717, 1.165) is 12.6 Å². The highest BCUT2D eigenvalue weighted by atomic mass is 15.2. The van der Waals surface area contributed by atoms with E-state index in [4.69, 9.17) is 0 Å². The summed E-state index contributed by atoms with van der Waals surface area (Å²) in [6.45, 7) is 13.2. The molecule has 1 aliphatic heterocycles. The summed E-state index contributed by atoms with van der Waals surface area (Å²) in [5.41, 5.74) is 1.27. The van der Waals surface area contributed by atoms with Crippen LogP contribution in [-0.2, 0) is 0 Å². The van der Waals surface area contributed by atoms with Crippen LogP contribution >= 0.6 is 0 Å². The molecule has 0 saturated carbocycles. The second-order valence-corrected chi connectivity index (χ2v) is 4.95. The third kappa shape index (κ3) is 4.35. The van der Waals surface area contributed by atoms with E-state index < -0.39 is 0 Å². The quantitative estimate of drug-likeness (QED) is 0.643. The Labute approximate surface area is 94.9 Å². The third-order valence-electron chi connectivity index (χ3n) is 3.24. The van der Waals surface area contributed by atoms with Crippen LogP contribution in [0.4, 0.5) is 0 Å². The molecule has 0 amide bonds. The van der Waals surface area contributed by atoms with Gasteiger partial charge in [0.2, 0.25) is 0 Å². The highest BCUT2D eigenvalue weighted by Crippen LogP contribution is 2.16. The van der Waals surface area contributed by atoms with Gasteiger partial charge in [-0.25, -0.2) is 0 Å². The molecule has 0 spiro atoms. The number of likely N-dealkylation sites (tertiary alicyclic amines) is 1. The number of piperidine rings is 1. The molecule has 0 atom stereocenters. The molecular formula is C13H26N2. The van der Waals surface area contributed by atoms with E-state index in [1.807, 2.05) is 0 Å². The van der Waals surface area contributed by atoms with E-state index in [-0.39, 0.29) is 0 Å². The van der Waals surface area contributed by atoms with E-state index >= 15 is 0 Å². The van der Waals surface area contributed by atoms with Crippen molar-refractivity contribution in [2.24, 2.45) is 0 Å². The Hall–Kier alpha value is -0.340. The van der Waals surface area contributed by atoms with Crippen LogP contribution in [0.1, 0.15) is 33.1 Å². The minimum atomic E-state index is 0.773. The number of likely N-dealkylation sites (N-methyl/N-ethyl adjacent to an activating group) is 1. The smallest absolute Gasteiger partial charge is 0.0187 e. The van der Waals surface area contributed by atoms with Gasteiger partial charge in [-0.2, -0.15) is 0 Å². The van der Waals surface area contributed by atoms with Crippen molar-refractivity contribution in [1.82, 2.24) is 9.80 Å². The van der Waals surface area contributed by atoms with Gasteiger partial charge >= 0.3 is 0 Å². The number of rotatable bonds is 5. The summed E-state index contributed by atoms with van der Waals surface area (Å²) >= 11 is 0. The number of nitrogens with zero attached hydrogens (tertiary/aromatic N) is 2. The highest BCUT2D eigenvalue weighted by Gasteiger charge is 2.21. The van der Waals surface area contributed by atoms with Crippen molar-refractivity contribution in [2.45, 2.75) is 39.2 Å². The lowest BCUT2D eigenvalue weighted by molar-refractivity contribution is 0.134. The minimum absolute atomic E-state index is 0.773. The molecule has 0 aromatic rings. The molecule has 1 aliphatic rings. The van der Waals surface area contributed by atoms with Crippen molar-refractivity contribution in [2.75, 3.05) is 33.2 Å². The Kier molecular flexibility index (Phi) is 5.34. The van der Waals surface area contributed by atoms with Crippen molar-refractivity contribution in [3.8, 4) is 0 Å². The maximum atomic E-state index is 3.98. The predicted octanol–water partition coefficient (Wildman–Crippen LogP) is 2.37. The fraction of sp³-hybridized carbons (Fsp3) is 0.846. The molecule has 1 fully saturated rings.